The van der Waals surface area contributed by atoms with Crippen LogP contribution < -0.4 is 5.48 Å². The normalized spacial score (nSPS) is 24.1. The lowest BCUT2D eigenvalue weighted by Crippen LogP contribution is -2.58. The molecule has 9 heteroatoms. The second-order valence-corrected chi connectivity index (χ2v) is 11.8. The van der Waals surface area contributed by atoms with Crippen molar-refractivity contribution in [2.75, 3.05) is 13.1 Å². The molecule has 40 heavy (non-hydrogen) atoms. The zero-order valence-corrected chi connectivity index (χ0v) is 23.6. The molecule has 3 unspecified atom stereocenters. The second-order valence-electron chi connectivity index (χ2n) is 11.4. The Bertz CT molecular complexity index is 1340. The molecule has 1 fully saturated rings. The zero-order valence-electron chi connectivity index (χ0n) is 22.9. The number of allylic oxidation sites excluding steroid dienone is 2. The molecule has 2 heterocycles. The summed E-state index contributed by atoms with van der Waals surface area (Å²) < 4.78 is 5.59. The summed E-state index contributed by atoms with van der Waals surface area (Å²) in [5, 5.41) is 0.553. The van der Waals surface area contributed by atoms with Crippen LogP contribution in [0.2, 0.25) is 0 Å². The highest BCUT2D eigenvalue weighted by Gasteiger charge is 2.50. The first kappa shape index (κ1) is 27.9. The smallest absolute Gasteiger partial charge is 0.410 e. The number of nitrogens with one attached hydrogen (secondary N) is 1. The van der Waals surface area contributed by atoms with Gasteiger partial charge in [-0.2, -0.15) is 0 Å². The number of rotatable bonds is 6. The third-order valence-corrected chi connectivity index (χ3v) is 7.64. The van der Waals surface area contributed by atoms with Crippen molar-refractivity contribution in [3.8, 4) is 0 Å². The van der Waals surface area contributed by atoms with E-state index in [1.165, 1.54) is 0 Å². The summed E-state index contributed by atoms with van der Waals surface area (Å²) in [4.78, 5) is 49.8. The van der Waals surface area contributed by atoms with E-state index < -0.39 is 23.7 Å². The van der Waals surface area contributed by atoms with Crippen LogP contribution in [0, 0.1) is 5.92 Å². The summed E-state index contributed by atoms with van der Waals surface area (Å²) in [5.41, 5.74) is 4.04. The van der Waals surface area contributed by atoms with Gasteiger partial charge in [0.1, 0.15) is 5.60 Å². The minimum atomic E-state index is -0.728. The van der Waals surface area contributed by atoms with Crippen molar-refractivity contribution in [3.63, 3.8) is 0 Å². The summed E-state index contributed by atoms with van der Waals surface area (Å²) in [5.74, 6) is -1.55. The molecule has 0 saturated carbocycles. The van der Waals surface area contributed by atoms with E-state index in [1.54, 1.807) is 28.0 Å². The number of likely N-dealkylation sites (tertiary alicyclic amines) is 1. The maximum absolute atomic E-state index is 14.1. The van der Waals surface area contributed by atoms with Crippen molar-refractivity contribution in [3.05, 3.63) is 94.5 Å². The Morgan fingerprint density at radius 2 is 1.80 bits per heavy atom. The van der Waals surface area contributed by atoms with Gasteiger partial charge in [-0.05, 0) is 50.5 Å². The highest BCUT2D eigenvalue weighted by molar-refractivity contribution is 6.31. The summed E-state index contributed by atoms with van der Waals surface area (Å²) >= 11 is 6.35. The Morgan fingerprint density at radius 1 is 1.07 bits per heavy atom. The lowest BCUT2D eigenvalue weighted by Gasteiger charge is -2.46. The Balaban J connectivity index is 1.46. The van der Waals surface area contributed by atoms with Gasteiger partial charge in [0.05, 0.1) is 24.6 Å². The molecule has 2 aliphatic heterocycles. The van der Waals surface area contributed by atoms with Crippen molar-refractivity contribution in [2.24, 2.45) is 5.92 Å². The van der Waals surface area contributed by atoms with Gasteiger partial charge in [-0.25, -0.2) is 10.3 Å². The maximum Gasteiger partial charge on any atom is 0.410 e. The van der Waals surface area contributed by atoms with E-state index in [0.717, 1.165) is 5.56 Å². The van der Waals surface area contributed by atoms with Crippen LogP contribution in [-0.2, 0) is 21.0 Å². The molecular weight excluding hydrogens is 530 g/mol. The fourth-order valence-electron chi connectivity index (χ4n) is 5.70. The fraction of sp³-hybridized carbons (Fsp3) is 0.387. The molecule has 1 aliphatic carbocycles. The van der Waals surface area contributed by atoms with E-state index in [4.69, 9.17) is 21.2 Å². The van der Waals surface area contributed by atoms with Crippen LogP contribution in [0.15, 0.2) is 77.9 Å². The summed E-state index contributed by atoms with van der Waals surface area (Å²) in [6.45, 7) is 6.44. The topological polar surface area (TPSA) is 88.2 Å². The maximum atomic E-state index is 14.1. The van der Waals surface area contributed by atoms with E-state index in [0.29, 0.717) is 35.7 Å². The van der Waals surface area contributed by atoms with Gasteiger partial charge in [0, 0.05) is 29.6 Å². The lowest BCUT2D eigenvalue weighted by molar-refractivity contribution is -0.138. The molecule has 8 nitrogen and oxygen atoms in total. The number of hydrogen-bond acceptors (Lipinski definition) is 5. The Morgan fingerprint density at radius 3 is 2.50 bits per heavy atom. The number of amides is 3. The zero-order chi connectivity index (χ0) is 28.4. The first-order chi connectivity index (χ1) is 19.1. The molecule has 3 aliphatic rings. The number of carbonyl (C=O) groups is 3. The van der Waals surface area contributed by atoms with E-state index >= 15 is 0 Å². The van der Waals surface area contributed by atoms with Crippen LogP contribution in [0.5, 0.6) is 0 Å². The van der Waals surface area contributed by atoms with E-state index in [1.807, 2.05) is 75.4 Å². The van der Waals surface area contributed by atoms with Gasteiger partial charge < -0.3 is 14.5 Å². The molecule has 3 amide bonds. The number of hydroxylamine groups is 1. The van der Waals surface area contributed by atoms with E-state index in [-0.39, 0.29) is 30.4 Å². The number of benzene rings is 2. The molecule has 1 saturated heterocycles. The molecule has 5 rings (SSSR count). The van der Waals surface area contributed by atoms with Crippen LogP contribution in [0.25, 0.3) is 0 Å². The minimum absolute atomic E-state index is 0.171. The summed E-state index contributed by atoms with van der Waals surface area (Å²) in [6.07, 6.45) is 5.73. The first-order valence-electron chi connectivity index (χ1n) is 13.5. The molecule has 0 bridgehead atoms. The van der Waals surface area contributed by atoms with Gasteiger partial charge >= 0.3 is 6.09 Å². The van der Waals surface area contributed by atoms with Gasteiger partial charge in [-0.15, -0.1) is 0 Å². The highest BCUT2D eigenvalue weighted by Crippen LogP contribution is 2.42. The quantitative estimate of drug-likeness (QED) is 0.490. The molecule has 0 radical (unpaired) electrons. The van der Waals surface area contributed by atoms with Crippen LogP contribution in [0.4, 0.5) is 4.79 Å². The molecule has 4 atom stereocenters. The first-order valence-corrected chi connectivity index (χ1v) is 13.9. The van der Waals surface area contributed by atoms with Crippen molar-refractivity contribution in [1.82, 2.24) is 15.3 Å². The largest absolute Gasteiger partial charge is 0.444 e. The van der Waals surface area contributed by atoms with Gasteiger partial charge in [-0.3, -0.25) is 14.4 Å². The number of fused-ring (bicyclic) bond motifs is 1. The lowest BCUT2D eigenvalue weighted by atomic mass is 9.76. The molecule has 1 N–H and O–H groups in total. The number of nitrogens with zero attached hydrogens (tertiary/aromatic N) is 2. The molecular formula is C31H34ClN3O5. The van der Waals surface area contributed by atoms with Crippen LogP contribution in [0.1, 0.15) is 54.6 Å². The van der Waals surface area contributed by atoms with Gasteiger partial charge in [0.25, 0.3) is 11.8 Å². The monoisotopic (exact) mass is 563 g/mol. The van der Waals surface area contributed by atoms with Gasteiger partial charge in [0.15, 0.2) is 0 Å². The molecule has 0 aromatic heterocycles. The number of hydrogen-bond donors (Lipinski definition) is 1. The van der Waals surface area contributed by atoms with Crippen molar-refractivity contribution in [2.45, 2.75) is 57.4 Å². The predicted octanol–water partition coefficient (Wildman–Crippen LogP) is 5.16. The van der Waals surface area contributed by atoms with Crippen molar-refractivity contribution in [1.29, 1.82) is 0 Å². The third kappa shape index (κ3) is 5.93. The van der Waals surface area contributed by atoms with Crippen LogP contribution in [-0.4, -0.2) is 58.5 Å². The Kier molecular flexibility index (Phi) is 8.01. The summed E-state index contributed by atoms with van der Waals surface area (Å²) in [6, 6.07) is 15.9. The SMILES string of the molecule is CC(C)(C)OC(=O)N1CC[C@H](N2C(=O)c3ccccc3C(C(=O)NOCc3ccccc3)C2C2C=CC(Cl)=C2)C1. The Labute approximate surface area is 239 Å². The number of ether oxygens (including phenoxy) is 1. The average molecular weight is 564 g/mol. The van der Waals surface area contributed by atoms with Crippen LogP contribution in [0.3, 0.4) is 0 Å². The van der Waals surface area contributed by atoms with Gasteiger partial charge in [0.2, 0.25) is 0 Å². The highest BCUT2D eigenvalue weighted by atomic mass is 35.5. The number of halogens is 1. The average Bonchev–Trinajstić information content (AvgIpc) is 3.58. The molecule has 2 aromatic carbocycles. The predicted molar refractivity (Wildman–Crippen MR) is 151 cm³/mol. The van der Waals surface area contributed by atoms with Crippen molar-refractivity contribution >= 4 is 29.5 Å². The summed E-state index contributed by atoms with van der Waals surface area (Å²) in [7, 11) is 0. The van der Waals surface area contributed by atoms with Gasteiger partial charge in [-0.1, -0.05) is 72.3 Å². The molecule has 0 spiro atoms. The second kappa shape index (κ2) is 11.5. The van der Waals surface area contributed by atoms with Crippen LogP contribution >= 0.6 is 11.6 Å². The van der Waals surface area contributed by atoms with E-state index in [2.05, 4.69) is 5.48 Å². The standard InChI is InChI=1S/C31H34ClN3O5/c1-31(2,3)40-30(38)34-16-15-23(18-34)35-27(21-13-14-22(32)17-21)26(24-11-7-8-12-25(24)29(35)37)28(36)33-39-19-20-9-5-4-6-10-20/h4-14,17,21,23,26-27H,15-16,18-19H2,1-3H3,(H,33,36)/t21?,23-,26?,27?/m0/s1. The molecule has 2 aromatic rings. The van der Waals surface area contributed by atoms with E-state index in [9.17, 15) is 14.4 Å². The minimum Gasteiger partial charge on any atom is -0.444 e. The fourth-order valence-corrected chi connectivity index (χ4v) is 5.91. The van der Waals surface area contributed by atoms with Crippen molar-refractivity contribution < 1.29 is 24.0 Å². The Hall–Kier alpha value is -3.62. The number of carbonyl (C=O) groups excluding carboxylic acids is 3. The third-order valence-electron chi connectivity index (χ3n) is 7.39. The molecule has 210 valence electrons.